The van der Waals surface area contributed by atoms with Crippen LogP contribution < -0.4 is 10.5 Å². The number of benzene rings is 1. The molecule has 4 heteroatoms. The zero-order valence-corrected chi connectivity index (χ0v) is 13.1. The zero-order valence-electron chi connectivity index (χ0n) is 13.1. The molecule has 3 rings (SSSR count). The maximum atomic E-state index is 11.8. The van der Waals surface area contributed by atoms with Crippen LogP contribution in [0, 0.1) is 13.8 Å². The van der Waals surface area contributed by atoms with Gasteiger partial charge in [-0.05, 0) is 49.2 Å². The molecule has 0 spiro atoms. The summed E-state index contributed by atoms with van der Waals surface area (Å²) >= 11 is 0. The third-order valence-electron chi connectivity index (χ3n) is 3.99. The van der Waals surface area contributed by atoms with Gasteiger partial charge in [0, 0.05) is 17.0 Å². The van der Waals surface area contributed by atoms with Crippen LogP contribution in [0.4, 0.5) is 0 Å². The summed E-state index contributed by atoms with van der Waals surface area (Å²) in [6.07, 6.45) is 1.68. The molecule has 1 unspecified atom stereocenters. The van der Waals surface area contributed by atoms with Gasteiger partial charge in [-0.2, -0.15) is 0 Å². The lowest BCUT2D eigenvalue weighted by Gasteiger charge is -2.14. The highest BCUT2D eigenvalue weighted by Crippen LogP contribution is 2.21. The highest BCUT2D eigenvalue weighted by atomic mass is 16.4. The Hall–Kier alpha value is -2.33. The first-order chi connectivity index (χ1) is 10.5. The van der Waals surface area contributed by atoms with E-state index in [4.69, 9.17) is 8.83 Å². The van der Waals surface area contributed by atoms with Crippen molar-refractivity contribution in [2.75, 3.05) is 7.05 Å². The van der Waals surface area contributed by atoms with E-state index in [0.717, 1.165) is 35.4 Å². The number of hydrogen-bond donors (Lipinski definition) is 1. The zero-order chi connectivity index (χ0) is 15.7. The molecule has 2 aromatic heterocycles. The molecule has 0 radical (unpaired) electrons. The Bertz CT molecular complexity index is 847. The van der Waals surface area contributed by atoms with Gasteiger partial charge in [0.15, 0.2) is 5.76 Å². The van der Waals surface area contributed by atoms with Gasteiger partial charge in [0.2, 0.25) is 0 Å². The predicted octanol–water partition coefficient (Wildman–Crippen LogP) is 2.22. The van der Waals surface area contributed by atoms with Crippen LogP contribution in [0.25, 0.3) is 11.0 Å². The van der Waals surface area contributed by atoms with Crippen molar-refractivity contribution in [2.45, 2.75) is 26.9 Å². The lowest BCUT2D eigenvalue weighted by atomic mass is 10.0. The van der Waals surface area contributed by atoms with E-state index in [2.05, 4.69) is 20.0 Å². The van der Waals surface area contributed by atoms with Crippen LogP contribution in [0.15, 0.2) is 50.2 Å². The second kappa shape index (κ2) is 5.81. The Balaban J connectivity index is 1.95. The first-order valence-corrected chi connectivity index (χ1v) is 7.40. The molecule has 3 aromatic rings. The van der Waals surface area contributed by atoms with E-state index in [1.54, 1.807) is 12.3 Å². The number of fused-ring (bicyclic) bond motifs is 1. The number of nitrogens with one attached hydrogen (secondary N) is 1. The molecule has 0 amide bonds. The minimum absolute atomic E-state index is 0.295. The Morgan fingerprint density at radius 1 is 1.09 bits per heavy atom. The summed E-state index contributed by atoms with van der Waals surface area (Å²) < 4.78 is 10.7. The van der Waals surface area contributed by atoms with E-state index in [1.165, 1.54) is 10.5 Å². The summed E-state index contributed by atoms with van der Waals surface area (Å²) in [5.74, 6) is 0.941. The quantitative estimate of drug-likeness (QED) is 0.751. The van der Waals surface area contributed by atoms with Crippen LogP contribution in [0.1, 0.15) is 22.5 Å². The first kappa shape index (κ1) is 14.6. The van der Waals surface area contributed by atoms with Crippen LogP contribution in [0.2, 0.25) is 0 Å². The van der Waals surface area contributed by atoms with Crippen molar-refractivity contribution in [3.8, 4) is 0 Å². The minimum atomic E-state index is -0.295. The van der Waals surface area contributed by atoms with Crippen molar-refractivity contribution in [3.63, 3.8) is 0 Å². The largest absolute Gasteiger partial charge is 0.463 e. The Labute approximate surface area is 129 Å². The smallest absolute Gasteiger partial charge is 0.336 e. The molecule has 0 aliphatic heterocycles. The van der Waals surface area contributed by atoms with Gasteiger partial charge >= 0.3 is 5.63 Å². The van der Waals surface area contributed by atoms with E-state index in [1.807, 2.05) is 25.1 Å². The van der Waals surface area contributed by atoms with E-state index < -0.39 is 0 Å². The normalized spacial score (nSPS) is 12.7. The van der Waals surface area contributed by atoms with Crippen LogP contribution in [0.5, 0.6) is 0 Å². The molecule has 2 heterocycles. The number of furan rings is 1. The van der Waals surface area contributed by atoms with E-state index >= 15 is 0 Å². The topological polar surface area (TPSA) is 47.8 Å². The summed E-state index contributed by atoms with van der Waals surface area (Å²) in [6.45, 7) is 5.61. The van der Waals surface area contributed by atoms with Crippen LogP contribution in [0.3, 0.4) is 0 Å². The molecule has 0 saturated heterocycles. The van der Waals surface area contributed by atoms with E-state index in [-0.39, 0.29) is 5.63 Å². The van der Waals surface area contributed by atoms with Crippen molar-refractivity contribution in [1.82, 2.24) is 0 Å². The third-order valence-corrected chi connectivity index (χ3v) is 3.99. The molecule has 114 valence electrons. The third kappa shape index (κ3) is 2.97. The second-order valence-electron chi connectivity index (χ2n) is 5.91. The number of hydrogen-bond acceptors (Lipinski definition) is 3. The number of quaternary nitrogens is 1. The Kier molecular flexibility index (Phi) is 3.86. The molecule has 0 aliphatic carbocycles. The fourth-order valence-electron chi connectivity index (χ4n) is 2.73. The fraction of sp³-hybridized carbons (Fsp3) is 0.278. The predicted molar refractivity (Wildman–Crippen MR) is 85.0 cm³/mol. The van der Waals surface area contributed by atoms with Gasteiger partial charge in [0.1, 0.15) is 18.7 Å². The summed E-state index contributed by atoms with van der Waals surface area (Å²) in [5.41, 5.74) is 3.71. The average molecular weight is 298 g/mol. The van der Waals surface area contributed by atoms with Gasteiger partial charge in [-0.1, -0.05) is 0 Å². The van der Waals surface area contributed by atoms with Gasteiger partial charge in [0.25, 0.3) is 0 Å². The molecule has 0 aliphatic rings. The monoisotopic (exact) mass is 298 g/mol. The van der Waals surface area contributed by atoms with E-state index in [0.29, 0.717) is 5.58 Å². The molecule has 0 fully saturated rings. The van der Waals surface area contributed by atoms with Gasteiger partial charge in [0.05, 0.1) is 13.3 Å². The summed E-state index contributed by atoms with van der Waals surface area (Å²) in [7, 11) is 2.09. The lowest BCUT2D eigenvalue weighted by Crippen LogP contribution is -3.06. The molecule has 0 bridgehead atoms. The minimum Gasteiger partial charge on any atom is -0.463 e. The fourth-order valence-corrected chi connectivity index (χ4v) is 2.73. The average Bonchev–Trinajstić information content (AvgIpc) is 2.93. The molecule has 1 atom stereocenters. The van der Waals surface area contributed by atoms with Gasteiger partial charge in [-0.15, -0.1) is 0 Å². The SMILES string of the molecule is Cc1cc2oc(=O)cc(C[NH+](C)Cc3ccco3)c2cc1C. The van der Waals surface area contributed by atoms with Crippen LogP contribution in [-0.2, 0) is 13.1 Å². The molecule has 0 saturated carbocycles. The summed E-state index contributed by atoms with van der Waals surface area (Å²) in [4.78, 5) is 13.1. The van der Waals surface area contributed by atoms with Crippen molar-refractivity contribution in [2.24, 2.45) is 0 Å². The first-order valence-electron chi connectivity index (χ1n) is 7.40. The van der Waals surface area contributed by atoms with Crippen molar-refractivity contribution in [1.29, 1.82) is 0 Å². The van der Waals surface area contributed by atoms with Gasteiger partial charge < -0.3 is 13.7 Å². The number of aryl methyl sites for hydroxylation is 2. The van der Waals surface area contributed by atoms with Gasteiger partial charge in [-0.3, -0.25) is 0 Å². The van der Waals surface area contributed by atoms with Crippen molar-refractivity contribution >= 4 is 11.0 Å². The molecule has 4 nitrogen and oxygen atoms in total. The van der Waals surface area contributed by atoms with Crippen LogP contribution >= 0.6 is 0 Å². The summed E-state index contributed by atoms with van der Waals surface area (Å²) in [6, 6.07) is 9.50. The lowest BCUT2D eigenvalue weighted by molar-refractivity contribution is -0.908. The molecule has 1 aromatic carbocycles. The molecule has 1 N–H and O–H groups in total. The van der Waals surface area contributed by atoms with Crippen LogP contribution in [-0.4, -0.2) is 7.05 Å². The maximum Gasteiger partial charge on any atom is 0.336 e. The molecular weight excluding hydrogens is 278 g/mol. The maximum absolute atomic E-state index is 11.8. The molecule has 22 heavy (non-hydrogen) atoms. The summed E-state index contributed by atoms with van der Waals surface area (Å²) in [5, 5.41) is 1.02. The molecular formula is C18H20NO3+. The highest BCUT2D eigenvalue weighted by Gasteiger charge is 2.13. The Morgan fingerprint density at radius 3 is 2.59 bits per heavy atom. The van der Waals surface area contributed by atoms with Crippen molar-refractivity contribution in [3.05, 3.63) is 69.5 Å². The number of rotatable bonds is 4. The van der Waals surface area contributed by atoms with Crippen molar-refractivity contribution < 1.29 is 13.7 Å². The van der Waals surface area contributed by atoms with E-state index in [9.17, 15) is 4.79 Å². The Morgan fingerprint density at radius 2 is 1.86 bits per heavy atom. The second-order valence-corrected chi connectivity index (χ2v) is 5.91. The van der Waals surface area contributed by atoms with Gasteiger partial charge in [-0.25, -0.2) is 4.79 Å². The standard InChI is InChI=1S/C18H19NO3/c1-12-7-16-14(9-18(20)22-17(16)8-13(12)2)10-19(3)11-15-5-4-6-21-15/h4-9H,10-11H2,1-3H3/p+1. The highest BCUT2D eigenvalue weighted by molar-refractivity contribution is 5.81.